The molecule has 1 aliphatic heterocycles. The summed E-state index contributed by atoms with van der Waals surface area (Å²) in [5, 5.41) is 8.81. The Balaban J connectivity index is 1.86. The second-order valence-electron chi connectivity index (χ2n) is 5.55. The molecule has 8 nitrogen and oxygen atoms in total. The van der Waals surface area contributed by atoms with Crippen molar-refractivity contribution in [2.24, 2.45) is 0 Å². The minimum Gasteiger partial charge on any atom is -0.478 e. The van der Waals surface area contributed by atoms with Crippen LogP contribution < -0.4 is 0 Å². The molecule has 1 aromatic carbocycles. The summed E-state index contributed by atoms with van der Waals surface area (Å²) in [5.41, 5.74) is 0.418. The molecule has 1 fully saturated rings. The Hall–Kier alpha value is -3.04. The van der Waals surface area contributed by atoms with Crippen molar-refractivity contribution in [3.05, 3.63) is 51.6 Å². The quantitative estimate of drug-likeness (QED) is 0.576. The zero-order chi connectivity index (χ0) is 20.4. The predicted molar refractivity (Wildman–Crippen MR) is 101 cm³/mol. The molecule has 1 aliphatic rings. The first-order chi connectivity index (χ1) is 13.3. The second-order valence-corrected chi connectivity index (χ2v) is 6.95. The maximum atomic E-state index is 12.3. The number of thioether (sulfide) groups is 1. The molecule has 28 heavy (non-hydrogen) atoms. The monoisotopic (exact) mass is 421 g/mol. The lowest BCUT2D eigenvalue weighted by Crippen LogP contribution is -2.34. The van der Waals surface area contributed by atoms with Crippen molar-refractivity contribution in [1.82, 2.24) is 4.90 Å². The molecule has 2 aromatic rings. The fourth-order valence-electron chi connectivity index (χ4n) is 2.38. The highest BCUT2D eigenvalue weighted by Crippen LogP contribution is 2.34. The molecule has 0 aliphatic carbocycles. The lowest BCUT2D eigenvalue weighted by molar-refractivity contribution is -0.143. The number of carboxylic acid groups (broad SMARTS) is 1. The number of halogens is 1. The van der Waals surface area contributed by atoms with E-state index < -0.39 is 29.6 Å². The fraction of sp³-hybridized carbons (Fsp3) is 0.111. The van der Waals surface area contributed by atoms with Crippen LogP contribution in [0.4, 0.5) is 4.79 Å². The first-order valence-corrected chi connectivity index (χ1v) is 8.95. The van der Waals surface area contributed by atoms with Crippen LogP contribution in [0.15, 0.2) is 39.7 Å². The number of carbonyl (C=O) groups excluding carboxylic acids is 3. The van der Waals surface area contributed by atoms with E-state index in [9.17, 15) is 19.2 Å². The number of carbonyl (C=O) groups is 4. The number of furan rings is 1. The van der Waals surface area contributed by atoms with Gasteiger partial charge in [0.15, 0.2) is 0 Å². The molecule has 1 aromatic heterocycles. The molecule has 1 N–H and O–H groups in total. The van der Waals surface area contributed by atoms with E-state index in [1.54, 1.807) is 12.1 Å². The predicted octanol–water partition coefficient (Wildman–Crippen LogP) is 3.51. The van der Waals surface area contributed by atoms with Crippen LogP contribution in [0.1, 0.15) is 16.1 Å². The van der Waals surface area contributed by atoms with Crippen LogP contribution in [0.5, 0.6) is 0 Å². The average Bonchev–Trinajstić information content (AvgIpc) is 3.22. The molecular formula is C18H12ClNO7S. The van der Waals surface area contributed by atoms with Gasteiger partial charge >= 0.3 is 11.9 Å². The summed E-state index contributed by atoms with van der Waals surface area (Å²) in [5.74, 6) is -1.89. The molecule has 2 heterocycles. The summed E-state index contributed by atoms with van der Waals surface area (Å²) >= 11 is 6.79. The minimum atomic E-state index is -1.11. The van der Waals surface area contributed by atoms with Gasteiger partial charge in [0.1, 0.15) is 18.1 Å². The number of imide groups is 1. The third-order valence-electron chi connectivity index (χ3n) is 3.77. The van der Waals surface area contributed by atoms with Crippen molar-refractivity contribution in [3.63, 3.8) is 0 Å². The highest BCUT2D eigenvalue weighted by atomic mass is 35.5. The molecule has 0 unspecified atom stereocenters. The van der Waals surface area contributed by atoms with Crippen LogP contribution in [-0.2, 0) is 14.3 Å². The number of methoxy groups -OCH3 is 1. The highest BCUT2D eigenvalue weighted by molar-refractivity contribution is 8.18. The summed E-state index contributed by atoms with van der Waals surface area (Å²) in [7, 11) is 1.16. The second kappa shape index (κ2) is 7.91. The highest BCUT2D eigenvalue weighted by Gasteiger charge is 2.36. The number of esters is 1. The molecule has 0 saturated carbocycles. The summed E-state index contributed by atoms with van der Waals surface area (Å²) < 4.78 is 10.1. The maximum Gasteiger partial charge on any atom is 0.335 e. The van der Waals surface area contributed by atoms with Gasteiger partial charge in [-0.25, -0.2) is 4.79 Å². The van der Waals surface area contributed by atoms with E-state index in [0.717, 1.165) is 12.0 Å². The Labute approximate surface area is 167 Å². The van der Waals surface area contributed by atoms with E-state index in [1.807, 2.05) is 0 Å². The number of amides is 2. The number of aromatic carboxylic acids is 1. The smallest absolute Gasteiger partial charge is 0.335 e. The van der Waals surface area contributed by atoms with Crippen LogP contribution in [0.2, 0.25) is 5.02 Å². The molecule has 1 saturated heterocycles. The number of hydrogen-bond donors (Lipinski definition) is 1. The van der Waals surface area contributed by atoms with Gasteiger partial charge in [-0.1, -0.05) is 11.6 Å². The Morgan fingerprint density at radius 3 is 2.71 bits per heavy atom. The van der Waals surface area contributed by atoms with Gasteiger partial charge in [-0.2, -0.15) is 0 Å². The lowest BCUT2D eigenvalue weighted by Gasteiger charge is -2.09. The standard InChI is InChI=1S/C18H12ClNO7S/c1-26-15(21)8-20-16(22)14(28-18(20)25)7-10-3-5-13(27-10)11-6-9(17(23)24)2-4-12(11)19/h2-7H,8H2,1H3,(H,23,24). The molecule has 0 spiro atoms. The zero-order valence-electron chi connectivity index (χ0n) is 14.3. The number of ether oxygens (including phenoxy) is 1. The number of nitrogens with zero attached hydrogens (tertiary/aromatic N) is 1. The number of hydrogen-bond acceptors (Lipinski definition) is 7. The van der Waals surface area contributed by atoms with Gasteiger partial charge in [0, 0.05) is 11.6 Å². The van der Waals surface area contributed by atoms with E-state index in [-0.39, 0.29) is 16.2 Å². The molecule has 0 radical (unpaired) electrons. The van der Waals surface area contributed by atoms with Crippen LogP contribution in [0.25, 0.3) is 17.4 Å². The summed E-state index contributed by atoms with van der Waals surface area (Å²) in [6.45, 7) is -0.473. The summed E-state index contributed by atoms with van der Waals surface area (Å²) in [4.78, 5) is 47.5. The molecule has 0 bridgehead atoms. The molecule has 2 amide bonds. The van der Waals surface area contributed by atoms with Gasteiger partial charge in [-0.05, 0) is 42.1 Å². The van der Waals surface area contributed by atoms with Gasteiger partial charge in [0.2, 0.25) is 0 Å². The Morgan fingerprint density at radius 1 is 1.29 bits per heavy atom. The van der Waals surface area contributed by atoms with E-state index >= 15 is 0 Å². The molecule has 0 atom stereocenters. The fourth-order valence-corrected chi connectivity index (χ4v) is 3.41. The topological polar surface area (TPSA) is 114 Å². The van der Waals surface area contributed by atoms with Gasteiger partial charge in [0.25, 0.3) is 11.1 Å². The Kier molecular flexibility index (Phi) is 5.57. The Morgan fingerprint density at radius 2 is 2.04 bits per heavy atom. The van der Waals surface area contributed by atoms with Crippen molar-refractivity contribution in [2.45, 2.75) is 0 Å². The van der Waals surface area contributed by atoms with E-state index in [2.05, 4.69) is 4.74 Å². The van der Waals surface area contributed by atoms with Gasteiger partial charge in [-0.15, -0.1) is 0 Å². The average molecular weight is 422 g/mol. The molecular weight excluding hydrogens is 410 g/mol. The summed E-state index contributed by atoms with van der Waals surface area (Å²) in [6.07, 6.45) is 1.36. The van der Waals surface area contributed by atoms with Gasteiger partial charge in [-0.3, -0.25) is 19.3 Å². The third-order valence-corrected chi connectivity index (χ3v) is 5.00. The van der Waals surface area contributed by atoms with E-state index in [4.69, 9.17) is 21.1 Å². The SMILES string of the molecule is COC(=O)CN1C(=O)SC(=Cc2ccc(-c3cc(C(=O)O)ccc3Cl)o2)C1=O. The largest absolute Gasteiger partial charge is 0.478 e. The van der Waals surface area contributed by atoms with Crippen molar-refractivity contribution in [1.29, 1.82) is 0 Å². The summed E-state index contributed by atoms with van der Waals surface area (Å²) in [6, 6.07) is 7.30. The molecule has 3 rings (SSSR count). The van der Waals surface area contributed by atoms with Crippen molar-refractivity contribution in [3.8, 4) is 11.3 Å². The first kappa shape index (κ1) is 19.7. The van der Waals surface area contributed by atoms with Crippen LogP contribution in [-0.4, -0.2) is 46.7 Å². The number of rotatable bonds is 5. The lowest BCUT2D eigenvalue weighted by atomic mass is 10.1. The molecule has 144 valence electrons. The third kappa shape index (κ3) is 3.95. The van der Waals surface area contributed by atoms with Crippen molar-refractivity contribution >= 4 is 52.5 Å². The normalized spacial score (nSPS) is 15.4. The van der Waals surface area contributed by atoms with Crippen molar-refractivity contribution < 1.29 is 33.4 Å². The Bertz CT molecular complexity index is 1030. The van der Waals surface area contributed by atoms with E-state index in [1.165, 1.54) is 24.3 Å². The first-order valence-electron chi connectivity index (χ1n) is 7.75. The number of benzene rings is 1. The van der Waals surface area contributed by atoms with Crippen molar-refractivity contribution in [2.75, 3.05) is 13.7 Å². The van der Waals surface area contributed by atoms with Gasteiger partial charge in [0.05, 0.1) is 22.6 Å². The van der Waals surface area contributed by atoms with Crippen LogP contribution in [0.3, 0.4) is 0 Å². The minimum absolute atomic E-state index is 0.0429. The van der Waals surface area contributed by atoms with Crippen LogP contribution >= 0.6 is 23.4 Å². The van der Waals surface area contributed by atoms with E-state index in [0.29, 0.717) is 28.1 Å². The van der Waals surface area contributed by atoms with Crippen LogP contribution in [0, 0.1) is 0 Å². The number of carboxylic acids is 1. The maximum absolute atomic E-state index is 12.3. The molecule has 10 heteroatoms. The van der Waals surface area contributed by atoms with Gasteiger partial charge < -0.3 is 14.3 Å². The zero-order valence-corrected chi connectivity index (χ0v) is 15.9.